The number of hydrogen-bond donors (Lipinski definition) is 1. The fourth-order valence-corrected chi connectivity index (χ4v) is 3.81. The molecule has 2 aliphatic heterocycles. The Kier molecular flexibility index (Phi) is 6.49. The number of amidine groups is 1. The highest BCUT2D eigenvalue weighted by Crippen LogP contribution is 2.28. The second-order valence-corrected chi connectivity index (χ2v) is 8.31. The van der Waals surface area contributed by atoms with Gasteiger partial charge >= 0.3 is 0 Å². The van der Waals surface area contributed by atoms with Gasteiger partial charge in [0.15, 0.2) is 0 Å². The molecule has 0 spiro atoms. The van der Waals surface area contributed by atoms with E-state index < -0.39 is 0 Å². The van der Waals surface area contributed by atoms with Crippen LogP contribution in [-0.4, -0.2) is 68.0 Å². The van der Waals surface area contributed by atoms with Crippen molar-refractivity contribution >= 4 is 11.7 Å². The number of carbonyl (C=O) groups is 1. The van der Waals surface area contributed by atoms with Crippen molar-refractivity contribution in [3.63, 3.8) is 0 Å². The van der Waals surface area contributed by atoms with Gasteiger partial charge in [0.1, 0.15) is 11.7 Å². The standard InChI is InChI=1S/C23H32N4O2/c1-26(10-9-18-5-3-2-4-6-18)21-15-20(23(28)24-17-19-7-8-19)16-22(25-21)27-11-13-29-14-12-27/h2-6,15,19-20H,7-14,16-17H2,1H3,(H,24,28). The van der Waals surface area contributed by atoms with Gasteiger partial charge in [-0.25, -0.2) is 4.99 Å². The van der Waals surface area contributed by atoms with E-state index in [0.717, 1.165) is 57.5 Å². The van der Waals surface area contributed by atoms with Gasteiger partial charge in [-0.05, 0) is 36.8 Å². The first kappa shape index (κ1) is 20.0. The molecule has 6 heteroatoms. The number of rotatable bonds is 7. The Hall–Kier alpha value is -2.34. The highest BCUT2D eigenvalue weighted by atomic mass is 16.5. The van der Waals surface area contributed by atoms with Gasteiger partial charge in [-0.3, -0.25) is 4.79 Å². The molecule has 1 N–H and O–H groups in total. The molecular formula is C23H32N4O2. The molecule has 1 saturated heterocycles. The number of benzene rings is 1. The van der Waals surface area contributed by atoms with Crippen LogP contribution in [0.5, 0.6) is 0 Å². The number of nitrogens with one attached hydrogen (secondary N) is 1. The molecule has 2 heterocycles. The van der Waals surface area contributed by atoms with Gasteiger partial charge in [-0.2, -0.15) is 0 Å². The third-order valence-electron chi connectivity index (χ3n) is 5.94. The molecule has 1 aliphatic carbocycles. The number of likely N-dealkylation sites (N-methyl/N-ethyl adjacent to an activating group) is 1. The second kappa shape index (κ2) is 9.44. The van der Waals surface area contributed by atoms with E-state index in [-0.39, 0.29) is 11.8 Å². The zero-order valence-corrected chi connectivity index (χ0v) is 17.3. The number of morpholine rings is 1. The van der Waals surface area contributed by atoms with Crippen LogP contribution in [0.15, 0.2) is 47.2 Å². The zero-order valence-electron chi connectivity index (χ0n) is 17.3. The van der Waals surface area contributed by atoms with Crippen LogP contribution in [0, 0.1) is 11.8 Å². The molecule has 0 bridgehead atoms. The predicted molar refractivity (Wildman–Crippen MR) is 115 cm³/mol. The van der Waals surface area contributed by atoms with E-state index >= 15 is 0 Å². The van der Waals surface area contributed by atoms with Gasteiger partial charge in [0.05, 0.1) is 19.1 Å². The molecule has 29 heavy (non-hydrogen) atoms. The van der Waals surface area contributed by atoms with E-state index in [2.05, 4.69) is 52.5 Å². The number of carbonyl (C=O) groups excluding carboxylic acids is 1. The van der Waals surface area contributed by atoms with Crippen molar-refractivity contribution in [3.05, 3.63) is 47.8 Å². The number of hydrogen-bond acceptors (Lipinski definition) is 5. The Balaban J connectivity index is 1.45. The van der Waals surface area contributed by atoms with E-state index in [1.165, 1.54) is 18.4 Å². The van der Waals surface area contributed by atoms with Gasteiger partial charge in [0.25, 0.3) is 0 Å². The van der Waals surface area contributed by atoms with Crippen LogP contribution in [0.25, 0.3) is 0 Å². The lowest BCUT2D eigenvalue weighted by Gasteiger charge is -2.34. The van der Waals surface area contributed by atoms with Crippen LogP contribution in [0.2, 0.25) is 0 Å². The van der Waals surface area contributed by atoms with Gasteiger partial charge in [-0.15, -0.1) is 0 Å². The SMILES string of the molecule is CN(CCc1ccccc1)C1=CC(C(=O)NCC2CC2)CC(N2CCOCC2)=N1. The summed E-state index contributed by atoms with van der Waals surface area (Å²) in [6, 6.07) is 10.5. The molecular weight excluding hydrogens is 364 g/mol. The minimum Gasteiger partial charge on any atom is -0.378 e. The molecule has 1 amide bonds. The van der Waals surface area contributed by atoms with Gasteiger partial charge < -0.3 is 19.9 Å². The highest BCUT2D eigenvalue weighted by molar-refractivity contribution is 5.91. The summed E-state index contributed by atoms with van der Waals surface area (Å²) in [5.41, 5.74) is 1.31. The van der Waals surface area contributed by atoms with Gasteiger partial charge in [0.2, 0.25) is 5.91 Å². The average molecular weight is 397 g/mol. The van der Waals surface area contributed by atoms with E-state index in [1.54, 1.807) is 0 Å². The summed E-state index contributed by atoms with van der Waals surface area (Å²) in [7, 11) is 2.07. The fraction of sp³-hybridized carbons (Fsp3) is 0.565. The largest absolute Gasteiger partial charge is 0.378 e. The molecule has 3 aliphatic rings. The summed E-state index contributed by atoms with van der Waals surface area (Å²) < 4.78 is 5.50. The molecule has 1 saturated carbocycles. The van der Waals surface area contributed by atoms with Crippen molar-refractivity contribution in [1.29, 1.82) is 0 Å². The molecule has 1 aromatic carbocycles. The Bertz CT molecular complexity index is 751. The first-order valence-electron chi connectivity index (χ1n) is 10.8. The smallest absolute Gasteiger partial charge is 0.227 e. The lowest BCUT2D eigenvalue weighted by Crippen LogP contribution is -2.44. The Morgan fingerprint density at radius 1 is 1.24 bits per heavy atom. The number of ether oxygens (including phenoxy) is 1. The molecule has 1 atom stereocenters. The third kappa shape index (κ3) is 5.60. The molecule has 4 rings (SSSR count). The first-order chi connectivity index (χ1) is 14.2. The molecule has 0 aromatic heterocycles. The maximum absolute atomic E-state index is 12.8. The lowest BCUT2D eigenvalue weighted by atomic mass is 9.99. The maximum atomic E-state index is 12.8. The van der Waals surface area contributed by atoms with Crippen LogP contribution in [0.1, 0.15) is 24.8 Å². The van der Waals surface area contributed by atoms with Crippen molar-refractivity contribution in [1.82, 2.24) is 15.1 Å². The molecule has 1 unspecified atom stereocenters. The van der Waals surface area contributed by atoms with E-state index in [1.807, 2.05) is 6.07 Å². The van der Waals surface area contributed by atoms with Crippen LogP contribution >= 0.6 is 0 Å². The minimum absolute atomic E-state index is 0.131. The summed E-state index contributed by atoms with van der Waals surface area (Å²) >= 11 is 0. The summed E-state index contributed by atoms with van der Waals surface area (Å²) in [4.78, 5) is 22.2. The van der Waals surface area contributed by atoms with Crippen LogP contribution in [0.4, 0.5) is 0 Å². The predicted octanol–water partition coefficient (Wildman–Crippen LogP) is 2.28. The van der Waals surface area contributed by atoms with Crippen LogP contribution in [-0.2, 0) is 16.0 Å². The zero-order chi connectivity index (χ0) is 20.1. The Morgan fingerprint density at radius 3 is 2.72 bits per heavy atom. The first-order valence-corrected chi connectivity index (χ1v) is 10.8. The third-order valence-corrected chi connectivity index (χ3v) is 5.94. The number of nitrogens with zero attached hydrogens (tertiary/aromatic N) is 3. The number of aliphatic imine (C=N–C) groups is 1. The van der Waals surface area contributed by atoms with E-state index in [0.29, 0.717) is 12.3 Å². The van der Waals surface area contributed by atoms with Gasteiger partial charge in [-0.1, -0.05) is 30.3 Å². The van der Waals surface area contributed by atoms with Crippen molar-refractivity contribution in [2.24, 2.45) is 16.8 Å². The van der Waals surface area contributed by atoms with Crippen LogP contribution < -0.4 is 5.32 Å². The number of amides is 1. The fourth-order valence-electron chi connectivity index (χ4n) is 3.81. The van der Waals surface area contributed by atoms with Gasteiger partial charge in [0, 0.05) is 39.6 Å². The van der Waals surface area contributed by atoms with Crippen molar-refractivity contribution < 1.29 is 9.53 Å². The molecule has 156 valence electrons. The second-order valence-electron chi connectivity index (χ2n) is 8.31. The monoisotopic (exact) mass is 396 g/mol. The molecule has 0 radical (unpaired) electrons. The van der Waals surface area contributed by atoms with Crippen molar-refractivity contribution in [2.75, 3.05) is 46.4 Å². The summed E-state index contributed by atoms with van der Waals surface area (Å²) in [5, 5.41) is 3.15. The van der Waals surface area contributed by atoms with E-state index in [9.17, 15) is 4.79 Å². The molecule has 1 aromatic rings. The summed E-state index contributed by atoms with van der Waals surface area (Å²) in [6.45, 7) is 4.81. The molecule has 6 nitrogen and oxygen atoms in total. The normalized spacial score (nSPS) is 22.0. The topological polar surface area (TPSA) is 57.2 Å². The van der Waals surface area contributed by atoms with Crippen molar-refractivity contribution in [2.45, 2.75) is 25.7 Å². The van der Waals surface area contributed by atoms with E-state index in [4.69, 9.17) is 9.73 Å². The lowest BCUT2D eigenvalue weighted by molar-refractivity contribution is -0.123. The Morgan fingerprint density at radius 2 is 2.00 bits per heavy atom. The molecule has 2 fully saturated rings. The van der Waals surface area contributed by atoms with Crippen molar-refractivity contribution in [3.8, 4) is 0 Å². The van der Waals surface area contributed by atoms with Crippen LogP contribution in [0.3, 0.4) is 0 Å². The average Bonchev–Trinajstić information content (AvgIpc) is 3.61. The minimum atomic E-state index is -0.154. The maximum Gasteiger partial charge on any atom is 0.227 e. The summed E-state index contributed by atoms with van der Waals surface area (Å²) in [6.07, 6.45) is 6.17. The quantitative estimate of drug-likeness (QED) is 0.768. The summed E-state index contributed by atoms with van der Waals surface area (Å²) in [5.74, 6) is 2.58. The Labute approximate surface area is 173 Å². The highest BCUT2D eigenvalue weighted by Gasteiger charge is 2.29.